The van der Waals surface area contributed by atoms with E-state index in [1.807, 2.05) is 4.98 Å². The minimum Gasteiger partial charge on any atom is -0.478 e. The van der Waals surface area contributed by atoms with Crippen molar-refractivity contribution in [3.63, 3.8) is 0 Å². The molecule has 12 nitrogen and oxygen atoms in total. The fourth-order valence-corrected chi connectivity index (χ4v) is 2.84. The minimum atomic E-state index is -1.33. The summed E-state index contributed by atoms with van der Waals surface area (Å²) in [7, 11) is 0. The van der Waals surface area contributed by atoms with Crippen LogP contribution in [-0.2, 0) is 4.74 Å². The number of aliphatic hydroxyl groups excluding tert-OH is 3. The maximum absolute atomic E-state index is 11.6. The van der Waals surface area contributed by atoms with Crippen LogP contribution in [0.1, 0.15) is 16.6 Å². The molecule has 4 rings (SSSR count). The molecular weight excluding hydrogens is 388 g/mol. The second-order valence-corrected chi connectivity index (χ2v) is 6.16. The van der Waals surface area contributed by atoms with Crippen molar-refractivity contribution in [1.29, 1.82) is 0 Å². The van der Waals surface area contributed by atoms with E-state index in [0.29, 0.717) is 5.56 Å². The zero-order valence-corrected chi connectivity index (χ0v) is 14.8. The van der Waals surface area contributed by atoms with Gasteiger partial charge in [0, 0.05) is 0 Å². The van der Waals surface area contributed by atoms with Crippen LogP contribution < -0.4 is 11.2 Å². The summed E-state index contributed by atoms with van der Waals surface area (Å²) in [6.07, 6.45) is -3.43. The molecule has 0 spiro atoms. The SMILES string of the molecule is O=C(O)c1ccccc1.O=c1[nH]c(=O)c2ncn([C@@H]3O[C@H](CO)[C@@H](O)[C@H]3O)c2[nH]1. The number of fused-ring (bicyclic) bond motifs is 1. The second-order valence-electron chi connectivity index (χ2n) is 6.16. The molecular formula is C17H18N4O8. The Bertz CT molecular complexity index is 1110. The Balaban J connectivity index is 0.000000224. The van der Waals surface area contributed by atoms with E-state index < -0.39 is 48.4 Å². The van der Waals surface area contributed by atoms with Gasteiger partial charge in [0.1, 0.15) is 24.0 Å². The van der Waals surface area contributed by atoms with E-state index >= 15 is 0 Å². The monoisotopic (exact) mass is 406 g/mol. The standard InChI is InChI=1S/C10H12N4O6.C7H6O2/c15-1-3-5(16)6(17)9(20-3)14-2-11-4-7(14)12-10(19)13-8(4)18;8-7(9)6-4-2-1-3-5-6/h2-3,5-6,9,15-17H,1H2,(H2,12,13,18,19);1-5H,(H,8,9)/t3-,5-,6-,9-;/m1./s1. The summed E-state index contributed by atoms with van der Waals surface area (Å²) in [5, 5.41) is 37.0. The predicted molar refractivity (Wildman–Crippen MR) is 97.4 cm³/mol. The molecule has 0 radical (unpaired) electrons. The average molecular weight is 406 g/mol. The van der Waals surface area contributed by atoms with Crippen LogP contribution in [0.5, 0.6) is 0 Å². The van der Waals surface area contributed by atoms with Crippen LogP contribution >= 0.6 is 0 Å². The molecule has 0 amide bonds. The van der Waals surface area contributed by atoms with Gasteiger partial charge in [-0.3, -0.25) is 19.3 Å². The molecule has 1 aliphatic heterocycles. The Morgan fingerprint density at radius 2 is 1.83 bits per heavy atom. The number of ether oxygens (including phenoxy) is 1. The van der Waals surface area contributed by atoms with Crippen molar-refractivity contribution in [3.8, 4) is 0 Å². The van der Waals surface area contributed by atoms with Gasteiger partial charge in [0.05, 0.1) is 18.5 Å². The predicted octanol–water partition coefficient (Wildman–Crippen LogP) is -1.59. The summed E-state index contributed by atoms with van der Waals surface area (Å²) in [4.78, 5) is 41.3. The molecule has 1 saturated heterocycles. The Labute approximate surface area is 161 Å². The van der Waals surface area contributed by atoms with Gasteiger partial charge < -0.3 is 25.2 Å². The molecule has 0 aliphatic carbocycles. The number of H-pyrrole nitrogens is 2. The number of imidazole rings is 1. The number of aromatic nitrogens is 4. The normalized spacial score (nSPS) is 23.6. The third-order valence-corrected chi connectivity index (χ3v) is 4.28. The van der Waals surface area contributed by atoms with Crippen LogP contribution in [0.2, 0.25) is 0 Å². The lowest BCUT2D eigenvalue weighted by atomic mass is 10.1. The lowest BCUT2D eigenvalue weighted by molar-refractivity contribution is -0.0511. The van der Waals surface area contributed by atoms with Crippen molar-refractivity contribution >= 4 is 17.1 Å². The van der Waals surface area contributed by atoms with Crippen LogP contribution in [0.25, 0.3) is 11.2 Å². The minimum absolute atomic E-state index is 0.0256. The van der Waals surface area contributed by atoms with Crippen LogP contribution in [0.4, 0.5) is 0 Å². The number of hydrogen-bond donors (Lipinski definition) is 6. The fraction of sp³-hybridized carbons (Fsp3) is 0.294. The lowest BCUT2D eigenvalue weighted by Gasteiger charge is -2.16. The molecule has 29 heavy (non-hydrogen) atoms. The number of nitrogens with zero attached hydrogens (tertiary/aromatic N) is 2. The number of aromatic amines is 2. The summed E-state index contributed by atoms with van der Waals surface area (Å²) in [6, 6.07) is 8.30. The highest BCUT2D eigenvalue weighted by molar-refractivity contribution is 5.87. The largest absolute Gasteiger partial charge is 0.478 e. The summed E-state index contributed by atoms with van der Waals surface area (Å²) in [5.41, 5.74) is -1.03. The molecule has 1 aliphatic rings. The van der Waals surface area contributed by atoms with Gasteiger partial charge in [-0.1, -0.05) is 18.2 Å². The number of nitrogens with one attached hydrogen (secondary N) is 2. The molecule has 154 valence electrons. The van der Waals surface area contributed by atoms with Crippen LogP contribution in [0, 0.1) is 0 Å². The van der Waals surface area contributed by atoms with Gasteiger partial charge in [0.15, 0.2) is 11.7 Å². The first kappa shape index (κ1) is 20.4. The van der Waals surface area contributed by atoms with Crippen molar-refractivity contribution in [2.24, 2.45) is 0 Å². The molecule has 12 heteroatoms. The highest BCUT2D eigenvalue weighted by Gasteiger charge is 2.43. The Hall–Kier alpha value is -3.32. The lowest BCUT2D eigenvalue weighted by Crippen LogP contribution is -2.33. The van der Waals surface area contributed by atoms with E-state index in [9.17, 15) is 24.6 Å². The molecule has 0 unspecified atom stereocenters. The maximum Gasteiger partial charge on any atom is 0.335 e. The smallest absolute Gasteiger partial charge is 0.335 e. The van der Waals surface area contributed by atoms with Gasteiger partial charge in [-0.05, 0) is 12.1 Å². The van der Waals surface area contributed by atoms with E-state index in [2.05, 4.69) is 9.97 Å². The first-order chi connectivity index (χ1) is 13.8. The van der Waals surface area contributed by atoms with Crippen molar-refractivity contribution in [1.82, 2.24) is 19.5 Å². The highest BCUT2D eigenvalue weighted by atomic mass is 16.6. The zero-order valence-electron chi connectivity index (χ0n) is 14.8. The molecule has 2 aromatic heterocycles. The fourth-order valence-electron chi connectivity index (χ4n) is 2.84. The second kappa shape index (κ2) is 8.36. The third kappa shape index (κ3) is 4.09. The number of carboxylic acids is 1. The van der Waals surface area contributed by atoms with E-state index in [4.69, 9.17) is 14.9 Å². The third-order valence-electron chi connectivity index (χ3n) is 4.28. The molecule has 3 aromatic rings. The zero-order chi connectivity index (χ0) is 21.1. The van der Waals surface area contributed by atoms with E-state index in [-0.39, 0.29) is 11.2 Å². The average Bonchev–Trinajstić information content (AvgIpc) is 3.24. The summed E-state index contributed by atoms with van der Waals surface area (Å²) >= 11 is 0. The number of aliphatic hydroxyl groups is 3. The Morgan fingerprint density at radius 1 is 1.14 bits per heavy atom. The number of carbonyl (C=O) groups is 1. The van der Waals surface area contributed by atoms with Gasteiger partial charge in [-0.15, -0.1) is 0 Å². The quantitative estimate of drug-likeness (QED) is 0.298. The summed E-state index contributed by atoms with van der Waals surface area (Å²) < 4.78 is 6.54. The molecule has 1 aromatic carbocycles. The number of benzene rings is 1. The van der Waals surface area contributed by atoms with Crippen LogP contribution in [-0.4, -0.2) is 70.8 Å². The van der Waals surface area contributed by atoms with Gasteiger partial charge in [-0.2, -0.15) is 0 Å². The molecule has 6 N–H and O–H groups in total. The molecule has 4 atom stereocenters. The number of rotatable bonds is 3. The summed E-state index contributed by atoms with van der Waals surface area (Å²) in [6.45, 7) is -0.474. The maximum atomic E-state index is 11.6. The van der Waals surface area contributed by atoms with Crippen LogP contribution in [0.3, 0.4) is 0 Å². The van der Waals surface area contributed by atoms with Gasteiger partial charge in [0.2, 0.25) is 0 Å². The van der Waals surface area contributed by atoms with Crippen molar-refractivity contribution in [2.45, 2.75) is 24.5 Å². The molecule has 0 saturated carbocycles. The topological polar surface area (TPSA) is 191 Å². The molecule has 1 fully saturated rings. The first-order valence-corrected chi connectivity index (χ1v) is 8.43. The van der Waals surface area contributed by atoms with Crippen LogP contribution in [0.15, 0.2) is 46.2 Å². The van der Waals surface area contributed by atoms with Gasteiger partial charge in [-0.25, -0.2) is 14.6 Å². The number of carboxylic acid groups (broad SMARTS) is 1. The highest BCUT2D eigenvalue weighted by Crippen LogP contribution is 2.30. The summed E-state index contributed by atoms with van der Waals surface area (Å²) in [5.74, 6) is -0.879. The van der Waals surface area contributed by atoms with Gasteiger partial charge in [0.25, 0.3) is 5.56 Å². The van der Waals surface area contributed by atoms with E-state index in [1.54, 1.807) is 30.3 Å². The Kier molecular flexibility index (Phi) is 5.89. The molecule has 0 bridgehead atoms. The number of hydrogen-bond acceptors (Lipinski definition) is 8. The molecule has 3 heterocycles. The van der Waals surface area contributed by atoms with E-state index in [1.165, 1.54) is 10.9 Å². The number of aromatic carboxylic acids is 1. The van der Waals surface area contributed by atoms with Crippen molar-refractivity contribution in [2.75, 3.05) is 6.61 Å². The first-order valence-electron chi connectivity index (χ1n) is 8.43. The van der Waals surface area contributed by atoms with Gasteiger partial charge >= 0.3 is 11.7 Å². The van der Waals surface area contributed by atoms with Crippen molar-refractivity contribution < 1.29 is 30.0 Å². The van der Waals surface area contributed by atoms with Crippen molar-refractivity contribution in [3.05, 3.63) is 63.1 Å². The van der Waals surface area contributed by atoms with E-state index in [0.717, 1.165) is 0 Å². The Morgan fingerprint density at radius 3 is 2.38 bits per heavy atom.